The summed E-state index contributed by atoms with van der Waals surface area (Å²) in [5.74, 6) is 0.807. The lowest BCUT2D eigenvalue weighted by Gasteiger charge is -2.17. The van der Waals surface area contributed by atoms with Gasteiger partial charge in [-0.1, -0.05) is 30.2 Å². The van der Waals surface area contributed by atoms with Crippen LogP contribution >= 0.6 is 11.3 Å². The Morgan fingerprint density at radius 1 is 1.05 bits per heavy atom. The third-order valence-corrected chi connectivity index (χ3v) is 4.09. The summed E-state index contributed by atoms with van der Waals surface area (Å²) >= 11 is 1.60. The van der Waals surface area contributed by atoms with Crippen LogP contribution in [0.25, 0.3) is 0 Å². The Balaban J connectivity index is 1.68. The summed E-state index contributed by atoms with van der Waals surface area (Å²) in [5.41, 5.74) is 0. The summed E-state index contributed by atoms with van der Waals surface area (Å²) in [6, 6.07) is 5.77. The highest BCUT2D eigenvalue weighted by atomic mass is 32.1. The first-order valence-corrected chi connectivity index (χ1v) is 7.50. The summed E-state index contributed by atoms with van der Waals surface area (Å²) in [6.07, 6.45) is 6.92. The van der Waals surface area contributed by atoms with Gasteiger partial charge in [0.1, 0.15) is 5.82 Å². The van der Waals surface area contributed by atoms with E-state index in [4.69, 9.17) is 0 Å². The van der Waals surface area contributed by atoms with Crippen molar-refractivity contribution in [2.45, 2.75) is 25.7 Å². The standard InChI is InChI=1S/C13H17N5S/c1-2-6-10-18(9-5-1)13-17-16-12(19-13)15-11-7-3-4-8-14-11/h3-4,7-8H,1-2,5-6,9-10H2,(H,14,15,16). The van der Waals surface area contributed by atoms with Crippen LogP contribution in [0.15, 0.2) is 24.4 Å². The Hall–Kier alpha value is -1.69. The Morgan fingerprint density at radius 2 is 1.89 bits per heavy atom. The van der Waals surface area contributed by atoms with E-state index < -0.39 is 0 Å². The number of nitrogens with zero attached hydrogens (tertiary/aromatic N) is 4. The number of nitrogens with one attached hydrogen (secondary N) is 1. The normalized spacial score (nSPS) is 16.1. The lowest BCUT2D eigenvalue weighted by Crippen LogP contribution is -2.23. The van der Waals surface area contributed by atoms with Crippen LogP contribution in [0, 0.1) is 0 Å². The molecule has 100 valence electrons. The van der Waals surface area contributed by atoms with Crippen LogP contribution in [-0.4, -0.2) is 28.3 Å². The minimum absolute atomic E-state index is 0.804. The molecule has 3 heterocycles. The summed E-state index contributed by atoms with van der Waals surface area (Å²) in [4.78, 5) is 6.57. The predicted octanol–water partition coefficient (Wildman–Crippen LogP) is 3.06. The zero-order valence-electron chi connectivity index (χ0n) is 10.7. The Bertz CT molecular complexity index is 505. The molecular weight excluding hydrogens is 258 g/mol. The van der Waals surface area contributed by atoms with Gasteiger partial charge in [-0.05, 0) is 25.0 Å². The Kier molecular flexibility index (Phi) is 3.88. The molecule has 2 aromatic rings. The summed E-state index contributed by atoms with van der Waals surface area (Å²) < 4.78 is 0. The Labute approximate surface area is 116 Å². The number of aromatic nitrogens is 3. The molecule has 5 nitrogen and oxygen atoms in total. The van der Waals surface area contributed by atoms with Gasteiger partial charge in [0.15, 0.2) is 0 Å². The topological polar surface area (TPSA) is 53.9 Å². The molecule has 1 N–H and O–H groups in total. The van der Waals surface area contributed by atoms with E-state index in [1.54, 1.807) is 17.5 Å². The van der Waals surface area contributed by atoms with Crippen LogP contribution in [0.4, 0.5) is 16.1 Å². The van der Waals surface area contributed by atoms with E-state index in [1.807, 2.05) is 18.2 Å². The first-order chi connectivity index (χ1) is 9.42. The fraction of sp³-hybridized carbons (Fsp3) is 0.462. The molecule has 1 aliphatic rings. The fourth-order valence-electron chi connectivity index (χ4n) is 2.20. The van der Waals surface area contributed by atoms with Crippen molar-refractivity contribution < 1.29 is 0 Å². The maximum Gasteiger partial charge on any atom is 0.212 e. The van der Waals surface area contributed by atoms with Crippen molar-refractivity contribution in [3.8, 4) is 0 Å². The highest BCUT2D eigenvalue weighted by Gasteiger charge is 2.14. The maximum atomic E-state index is 4.28. The molecule has 0 radical (unpaired) electrons. The van der Waals surface area contributed by atoms with E-state index in [9.17, 15) is 0 Å². The van der Waals surface area contributed by atoms with Gasteiger partial charge in [0.25, 0.3) is 0 Å². The van der Waals surface area contributed by atoms with Gasteiger partial charge < -0.3 is 10.2 Å². The van der Waals surface area contributed by atoms with Crippen molar-refractivity contribution in [3.63, 3.8) is 0 Å². The molecule has 1 saturated heterocycles. The molecule has 0 aliphatic carbocycles. The van der Waals surface area contributed by atoms with Crippen molar-refractivity contribution in [1.82, 2.24) is 15.2 Å². The van der Waals surface area contributed by atoms with Gasteiger partial charge >= 0.3 is 0 Å². The smallest absolute Gasteiger partial charge is 0.212 e. The first-order valence-electron chi connectivity index (χ1n) is 6.68. The number of hydrogen-bond donors (Lipinski definition) is 1. The summed E-state index contributed by atoms with van der Waals surface area (Å²) in [7, 11) is 0. The van der Waals surface area contributed by atoms with Crippen molar-refractivity contribution >= 4 is 27.4 Å². The monoisotopic (exact) mass is 275 g/mol. The predicted molar refractivity (Wildman–Crippen MR) is 78.1 cm³/mol. The molecule has 6 heteroatoms. The van der Waals surface area contributed by atoms with E-state index in [0.29, 0.717) is 0 Å². The highest BCUT2D eigenvalue weighted by molar-refractivity contribution is 7.19. The zero-order valence-corrected chi connectivity index (χ0v) is 11.6. The SMILES string of the molecule is c1ccc(Nc2nnc(N3CCCCCC3)s2)nc1. The molecule has 3 rings (SSSR count). The van der Waals surface area contributed by atoms with Crippen LogP contribution in [0.1, 0.15) is 25.7 Å². The molecule has 2 aromatic heterocycles. The molecule has 0 bridgehead atoms. The van der Waals surface area contributed by atoms with E-state index in [2.05, 4.69) is 25.4 Å². The lowest BCUT2D eigenvalue weighted by molar-refractivity contribution is 0.726. The van der Waals surface area contributed by atoms with Gasteiger partial charge in [0.05, 0.1) is 0 Å². The molecule has 1 aliphatic heterocycles. The van der Waals surface area contributed by atoms with Crippen molar-refractivity contribution in [3.05, 3.63) is 24.4 Å². The average Bonchev–Trinajstić information content (AvgIpc) is 2.74. The molecule has 1 fully saturated rings. The van der Waals surface area contributed by atoms with Crippen LogP contribution in [-0.2, 0) is 0 Å². The maximum absolute atomic E-state index is 4.28. The van der Waals surface area contributed by atoms with Crippen LogP contribution in [0.3, 0.4) is 0 Å². The van der Waals surface area contributed by atoms with Gasteiger partial charge in [-0.3, -0.25) is 0 Å². The molecule has 0 unspecified atom stereocenters. The zero-order chi connectivity index (χ0) is 12.9. The largest absolute Gasteiger partial charge is 0.347 e. The third-order valence-electron chi connectivity index (χ3n) is 3.19. The number of hydrogen-bond acceptors (Lipinski definition) is 6. The van der Waals surface area contributed by atoms with Crippen molar-refractivity contribution in [2.24, 2.45) is 0 Å². The van der Waals surface area contributed by atoms with Crippen molar-refractivity contribution in [2.75, 3.05) is 23.3 Å². The second kappa shape index (κ2) is 5.97. The lowest BCUT2D eigenvalue weighted by atomic mass is 10.2. The van der Waals surface area contributed by atoms with Gasteiger partial charge in [-0.2, -0.15) is 0 Å². The number of rotatable bonds is 3. The van der Waals surface area contributed by atoms with Gasteiger partial charge in [0.2, 0.25) is 10.3 Å². The quantitative estimate of drug-likeness (QED) is 0.933. The minimum atomic E-state index is 0.804. The molecule has 0 aromatic carbocycles. The molecule has 0 atom stereocenters. The van der Waals surface area contributed by atoms with E-state index in [-0.39, 0.29) is 0 Å². The first kappa shape index (κ1) is 12.3. The van der Waals surface area contributed by atoms with E-state index in [1.165, 1.54) is 25.7 Å². The molecular formula is C13H17N5S. The minimum Gasteiger partial charge on any atom is -0.347 e. The number of anilines is 3. The van der Waals surface area contributed by atoms with Crippen molar-refractivity contribution in [1.29, 1.82) is 0 Å². The fourth-order valence-corrected chi connectivity index (χ4v) is 3.01. The van der Waals surface area contributed by atoms with Gasteiger partial charge in [-0.25, -0.2) is 4.98 Å². The van der Waals surface area contributed by atoms with Crippen LogP contribution < -0.4 is 10.2 Å². The molecule has 0 saturated carbocycles. The highest BCUT2D eigenvalue weighted by Crippen LogP contribution is 2.27. The number of pyridine rings is 1. The second-order valence-corrected chi connectivity index (χ2v) is 5.59. The molecule has 19 heavy (non-hydrogen) atoms. The average molecular weight is 275 g/mol. The van der Waals surface area contributed by atoms with Crippen LogP contribution in [0.5, 0.6) is 0 Å². The Morgan fingerprint density at radius 3 is 2.63 bits per heavy atom. The van der Waals surface area contributed by atoms with E-state index >= 15 is 0 Å². The second-order valence-electron chi connectivity index (χ2n) is 4.63. The van der Waals surface area contributed by atoms with Crippen LogP contribution in [0.2, 0.25) is 0 Å². The van der Waals surface area contributed by atoms with Gasteiger partial charge in [-0.15, -0.1) is 10.2 Å². The third kappa shape index (κ3) is 3.20. The van der Waals surface area contributed by atoms with E-state index in [0.717, 1.165) is 29.2 Å². The van der Waals surface area contributed by atoms with Gasteiger partial charge in [0, 0.05) is 19.3 Å². The summed E-state index contributed by atoms with van der Waals surface area (Å²) in [5, 5.41) is 13.5. The summed E-state index contributed by atoms with van der Waals surface area (Å²) in [6.45, 7) is 2.19. The molecule has 0 amide bonds. The molecule has 0 spiro atoms.